The van der Waals surface area contributed by atoms with E-state index in [4.69, 9.17) is 22.9 Å². The quantitative estimate of drug-likeness (QED) is 0.119. The summed E-state index contributed by atoms with van der Waals surface area (Å²) in [6, 6.07) is -5.75. The number of carbonyl (C=O) groups excluding carboxylic acids is 3. The number of carbonyl (C=O) groups is 4. The Hall–Kier alpha value is -3.01. The van der Waals surface area contributed by atoms with E-state index in [2.05, 4.69) is 15.6 Å². The van der Waals surface area contributed by atoms with Crippen LogP contribution >= 0.6 is 0 Å². The molecule has 0 aromatic heterocycles. The van der Waals surface area contributed by atoms with Gasteiger partial charge in [0.1, 0.15) is 12.1 Å². The monoisotopic (exact) mass is 502 g/mol. The molecule has 0 saturated heterocycles. The number of aliphatic hydroxyl groups excluding tert-OH is 2. The highest BCUT2D eigenvalue weighted by molar-refractivity contribution is 5.96. The highest BCUT2D eigenvalue weighted by Crippen LogP contribution is 2.17. The number of aliphatic imine (C=N–C) groups is 1. The number of hydrogen-bond acceptors (Lipinski definition) is 10. The molecule has 0 spiro atoms. The molecule has 15 heteroatoms. The number of rotatable bonds is 13. The van der Waals surface area contributed by atoms with Gasteiger partial charge in [-0.1, -0.05) is 13.8 Å². The van der Waals surface area contributed by atoms with Crippen LogP contribution in [0.2, 0.25) is 0 Å². The first-order valence-electron chi connectivity index (χ1n) is 11.3. The Balaban J connectivity index is 2.52. The van der Waals surface area contributed by atoms with Gasteiger partial charge in [0, 0.05) is 6.04 Å². The molecule has 13 N–H and O–H groups in total. The minimum atomic E-state index is -1.24. The van der Waals surface area contributed by atoms with Crippen molar-refractivity contribution in [3.63, 3.8) is 0 Å². The highest BCUT2D eigenvalue weighted by Gasteiger charge is 2.34. The molecule has 5 unspecified atom stereocenters. The number of nitrogens with zero attached hydrogens (tertiary/aromatic N) is 2. The van der Waals surface area contributed by atoms with E-state index in [-0.39, 0.29) is 37.7 Å². The standard InChI is InChI=1S/C20H38N8O7/c1-8(2)15(18(33)34)27-16(31)9(3)26-17(32)14(22)11(21)4-5-12(29)13(30)6-10-7-25-19(23)28(10)20(24)35/h8-15,29-30H,4-7,21-22H2,1-3H3,(H2,23,25)(H2,24,35)(H,26,32)(H,27,31)(H,33,34)/t9-,10?,11?,12?,13?,14?,15-/m1/s1. The molecule has 0 aromatic carbocycles. The molecule has 1 heterocycles. The topological polar surface area (TPSA) is 273 Å². The molecule has 1 rings (SSSR count). The van der Waals surface area contributed by atoms with Crippen LogP contribution in [0.5, 0.6) is 0 Å². The molecule has 0 radical (unpaired) electrons. The number of carboxylic acid groups (broad SMARTS) is 1. The van der Waals surface area contributed by atoms with Gasteiger partial charge in [-0.3, -0.25) is 19.5 Å². The third kappa shape index (κ3) is 8.61. The van der Waals surface area contributed by atoms with Crippen LogP contribution in [-0.4, -0.2) is 99.0 Å². The minimum Gasteiger partial charge on any atom is -0.480 e. The first kappa shape index (κ1) is 30.0. The zero-order valence-corrected chi connectivity index (χ0v) is 20.1. The van der Waals surface area contributed by atoms with E-state index >= 15 is 0 Å². The Labute approximate surface area is 203 Å². The van der Waals surface area contributed by atoms with Crippen molar-refractivity contribution in [2.75, 3.05) is 6.54 Å². The number of carboxylic acids is 1. The molecular weight excluding hydrogens is 464 g/mol. The Kier molecular flexibility index (Phi) is 11.3. The highest BCUT2D eigenvalue weighted by atomic mass is 16.4. The molecule has 0 saturated carbocycles. The fourth-order valence-electron chi connectivity index (χ4n) is 3.55. The van der Waals surface area contributed by atoms with Crippen molar-refractivity contribution >= 4 is 29.8 Å². The molecule has 0 aliphatic carbocycles. The lowest BCUT2D eigenvalue weighted by Crippen LogP contribution is -2.57. The number of nitrogens with one attached hydrogen (secondary N) is 2. The number of aliphatic carboxylic acids is 1. The molecule has 4 amide bonds. The fourth-order valence-corrected chi connectivity index (χ4v) is 3.55. The van der Waals surface area contributed by atoms with Gasteiger partial charge < -0.3 is 48.9 Å². The van der Waals surface area contributed by atoms with Crippen molar-refractivity contribution in [2.45, 2.75) is 82.5 Å². The maximum Gasteiger partial charge on any atom is 0.326 e. The van der Waals surface area contributed by atoms with E-state index in [9.17, 15) is 34.5 Å². The number of nitrogens with two attached hydrogens (primary N) is 4. The molecule has 7 atom stereocenters. The number of guanidine groups is 1. The zero-order valence-electron chi connectivity index (χ0n) is 20.1. The van der Waals surface area contributed by atoms with Gasteiger partial charge in [0.25, 0.3) is 0 Å². The van der Waals surface area contributed by atoms with Crippen LogP contribution in [0.25, 0.3) is 0 Å². The SMILES string of the molecule is CC(C)[C@@H](NC(=O)[C@@H](C)NC(=O)C(N)C(N)CCC(O)C(O)CC1CN=C(N)N1C(N)=O)C(=O)O. The Morgan fingerprint density at radius 2 is 1.66 bits per heavy atom. The van der Waals surface area contributed by atoms with Crippen molar-refractivity contribution in [2.24, 2.45) is 33.8 Å². The van der Waals surface area contributed by atoms with E-state index in [1.54, 1.807) is 13.8 Å². The average Bonchev–Trinajstić information content (AvgIpc) is 3.13. The lowest BCUT2D eigenvalue weighted by molar-refractivity contribution is -0.143. The largest absolute Gasteiger partial charge is 0.480 e. The van der Waals surface area contributed by atoms with E-state index in [0.29, 0.717) is 0 Å². The predicted molar refractivity (Wildman–Crippen MR) is 126 cm³/mol. The van der Waals surface area contributed by atoms with Gasteiger partial charge in [-0.25, -0.2) is 9.59 Å². The second-order valence-electron chi connectivity index (χ2n) is 9.00. The zero-order chi connectivity index (χ0) is 27.0. The Morgan fingerprint density at radius 3 is 2.17 bits per heavy atom. The van der Waals surface area contributed by atoms with Crippen molar-refractivity contribution in [1.29, 1.82) is 0 Å². The number of hydrogen-bond donors (Lipinski definition) is 9. The maximum absolute atomic E-state index is 12.4. The van der Waals surface area contributed by atoms with Crippen LogP contribution in [0, 0.1) is 5.92 Å². The minimum absolute atomic E-state index is 0.00629. The number of aliphatic hydroxyl groups is 2. The van der Waals surface area contributed by atoms with E-state index in [1.165, 1.54) is 6.92 Å². The first-order valence-corrected chi connectivity index (χ1v) is 11.3. The molecule has 35 heavy (non-hydrogen) atoms. The summed E-state index contributed by atoms with van der Waals surface area (Å²) in [6.45, 7) is 4.78. The van der Waals surface area contributed by atoms with Gasteiger partial charge in [0.15, 0.2) is 5.96 Å². The van der Waals surface area contributed by atoms with E-state index in [0.717, 1.165) is 4.90 Å². The maximum atomic E-state index is 12.4. The number of primary amides is 1. The summed E-state index contributed by atoms with van der Waals surface area (Å²) in [4.78, 5) is 52.3. The van der Waals surface area contributed by atoms with Crippen LogP contribution in [0.1, 0.15) is 40.0 Å². The normalized spacial score (nSPS) is 20.9. The molecule has 0 fully saturated rings. The van der Waals surface area contributed by atoms with Gasteiger partial charge in [-0.05, 0) is 32.1 Å². The van der Waals surface area contributed by atoms with Crippen LogP contribution in [0.4, 0.5) is 4.79 Å². The van der Waals surface area contributed by atoms with Crippen molar-refractivity contribution in [3.8, 4) is 0 Å². The van der Waals surface area contributed by atoms with Crippen molar-refractivity contribution < 1.29 is 34.5 Å². The smallest absolute Gasteiger partial charge is 0.326 e. The molecule has 1 aliphatic rings. The van der Waals surface area contributed by atoms with Crippen LogP contribution in [0.3, 0.4) is 0 Å². The summed E-state index contributed by atoms with van der Waals surface area (Å²) >= 11 is 0. The fraction of sp³-hybridized carbons (Fsp3) is 0.750. The lowest BCUT2D eigenvalue weighted by atomic mass is 9.96. The van der Waals surface area contributed by atoms with E-state index < -0.39 is 66.2 Å². The van der Waals surface area contributed by atoms with Gasteiger partial charge in [0.2, 0.25) is 11.8 Å². The molecule has 200 valence electrons. The number of urea groups is 1. The summed E-state index contributed by atoms with van der Waals surface area (Å²) in [5.74, 6) is -3.05. The lowest BCUT2D eigenvalue weighted by Gasteiger charge is -2.27. The third-order valence-corrected chi connectivity index (χ3v) is 5.81. The molecule has 1 aliphatic heterocycles. The molecule has 0 bridgehead atoms. The second-order valence-corrected chi connectivity index (χ2v) is 9.00. The molecule has 15 nitrogen and oxygen atoms in total. The van der Waals surface area contributed by atoms with Crippen molar-refractivity contribution in [1.82, 2.24) is 15.5 Å². The van der Waals surface area contributed by atoms with Gasteiger partial charge in [0.05, 0.1) is 30.8 Å². The summed E-state index contributed by atoms with van der Waals surface area (Å²) < 4.78 is 0. The van der Waals surface area contributed by atoms with Gasteiger partial charge >= 0.3 is 12.0 Å². The Morgan fingerprint density at radius 1 is 1.06 bits per heavy atom. The number of amides is 4. The first-order chi connectivity index (χ1) is 16.2. The van der Waals surface area contributed by atoms with E-state index in [1.807, 2.05) is 0 Å². The summed E-state index contributed by atoms with van der Waals surface area (Å²) in [5, 5.41) is 34.5. The molecular formula is C20H38N8O7. The van der Waals surface area contributed by atoms with Gasteiger partial charge in [-0.2, -0.15) is 0 Å². The predicted octanol–water partition coefficient (Wildman–Crippen LogP) is -3.66. The summed E-state index contributed by atoms with van der Waals surface area (Å²) in [5.41, 5.74) is 22.7. The van der Waals surface area contributed by atoms with Crippen molar-refractivity contribution in [3.05, 3.63) is 0 Å². The molecule has 0 aromatic rings. The Bertz CT molecular complexity index is 808. The third-order valence-electron chi connectivity index (χ3n) is 5.81. The van der Waals surface area contributed by atoms with Crippen LogP contribution in [-0.2, 0) is 14.4 Å². The second kappa shape index (κ2) is 13.2. The summed E-state index contributed by atoms with van der Waals surface area (Å²) in [7, 11) is 0. The average molecular weight is 503 g/mol. The van der Waals surface area contributed by atoms with Crippen LogP contribution in [0.15, 0.2) is 4.99 Å². The van der Waals surface area contributed by atoms with Crippen LogP contribution < -0.4 is 33.6 Å². The summed E-state index contributed by atoms with van der Waals surface area (Å²) in [6.07, 6.45) is -2.46. The van der Waals surface area contributed by atoms with Gasteiger partial charge in [-0.15, -0.1) is 0 Å².